The number of aromatic nitrogens is 2. The van der Waals surface area contributed by atoms with E-state index in [0.29, 0.717) is 19.5 Å². The van der Waals surface area contributed by atoms with Crippen LogP contribution in [0.2, 0.25) is 0 Å². The van der Waals surface area contributed by atoms with Gasteiger partial charge in [-0.1, -0.05) is 6.92 Å². The molecule has 1 amide bonds. The van der Waals surface area contributed by atoms with Crippen molar-refractivity contribution in [3.8, 4) is 0 Å². The SMILES string of the molecule is CCc1ncc2c(n1)CN(C(=O)C[C@@H](C)N1CCOCC1)C2. The van der Waals surface area contributed by atoms with Crippen LogP contribution in [0.3, 0.4) is 0 Å². The third-order valence-corrected chi connectivity index (χ3v) is 4.51. The summed E-state index contributed by atoms with van der Waals surface area (Å²) in [6.45, 7) is 8.81. The second-order valence-electron chi connectivity index (χ2n) is 6.06. The first-order valence-corrected chi connectivity index (χ1v) is 8.10. The topological polar surface area (TPSA) is 58.6 Å². The molecule has 3 rings (SSSR count). The van der Waals surface area contributed by atoms with E-state index in [0.717, 1.165) is 49.8 Å². The number of morpholine rings is 1. The van der Waals surface area contributed by atoms with Crippen LogP contribution in [0.1, 0.15) is 37.4 Å². The summed E-state index contributed by atoms with van der Waals surface area (Å²) >= 11 is 0. The number of carbonyl (C=O) groups excluding carboxylic acids is 1. The minimum absolute atomic E-state index is 0.204. The molecular formula is C16H24N4O2. The van der Waals surface area contributed by atoms with Crippen LogP contribution in [0.25, 0.3) is 0 Å². The number of amides is 1. The zero-order valence-electron chi connectivity index (χ0n) is 13.4. The highest BCUT2D eigenvalue weighted by Gasteiger charge is 2.27. The van der Waals surface area contributed by atoms with Crippen molar-refractivity contribution in [1.29, 1.82) is 0 Å². The first kappa shape index (κ1) is 15.4. The van der Waals surface area contributed by atoms with E-state index in [1.54, 1.807) is 0 Å². The van der Waals surface area contributed by atoms with E-state index in [1.807, 2.05) is 18.0 Å². The van der Waals surface area contributed by atoms with E-state index >= 15 is 0 Å². The molecule has 1 atom stereocenters. The maximum atomic E-state index is 12.5. The molecule has 0 aliphatic carbocycles. The Balaban J connectivity index is 1.57. The van der Waals surface area contributed by atoms with Gasteiger partial charge in [0.15, 0.2) is 0 Å². The van der Waals surface area contributed by atoms with Crippen LogP contribution in [-0.2, 0) is 29.0 Å². The number of fused-ring (bicyclic) bond motifs is 1. The van der Waals surface area contributed by atoms with Crippen LogP contribution < -0.4 is 0 Å². The number of hydrogen-bond donors (Lipinski definition) is 0. The molecule has 3 heterocycles. The molecule has 120 valence electrons. The lowest BCUT2D eigenvalue weighted by Gasteiger charge is -2.32. The average Bonchev–Trinajstić information content (AvgIpc) is 2.98. The molecular weight excluding hydrogens is 280 g/mol. The summed E-state index contributed by atoms with van der Waals surface area (Å²) in [7, 11) is 0. The minimum atomic E-state index is 0.204. The van der Waals surface area contributed by atoms with Crippen molar-refractivity contribution in [3.63, 3.8) is 0 Å². The van der Waals surface area contributed by atoms with Gasteiger partial charge in [-0.05, 0) is 6.92 Å². The molecule has 1 aromatic heterocycles. The lowest BCUT2D eigenvalue weighted by Crippen LogP contribution is -2.44. The van der Waals surface area contributed by atoms with E-state index in [2.05, 4.69) is 21.8 Å². The summed E-state index contributed by atoms with van der Waals surface area (Å²) in [6.07, 6.45) is 3.26. The third-order valence-electron chi connectivity index (χ3n) is 4.51. The molecule has 22 heavy (non-hydrogen) atoms. The van der Waals surface area contributed by atoms with Crippen LogP contribution in [0, 0.1) is 0 Å². The zero-order chi connectivity index (χ0) is 15.5. The Hall–Kier alpha value is -1.53. The molecule has 1 aromatic rings. The lowest BCUT2D eigenvalue weighted by molar-refractivity contribution is -0.133. The van der Waals surface area contributed by atoms with Crippen molar-refractivity contribution in [3.05, 3.63) is 23.3 Å². The minimum Gasteiger partial charge on any atom is -0.379 e. The van der Waals surface area contributed by atoms with Gasteiger partial charge >= 0.3 is 0 Å². The summed E-state index contributed by atoms with van der Waals surface area (Å²) in [5, 5.41) is 0. The number of aryl methyl sites for hydroxylation is 1. The smallest absolute Gasteiger partial charge is 0.224 e. The molecule has 0 N–H and O–H groups in total. The van der Waals surface area contributed by atoms with Gasteiger partial charge in [0.1, 0.15) is 5.82 Å². The van der Waals surface area contributed by atoms with Gasteiger partial charge < -0.3 is 9.64 Å². The Labute approximate surface area is 131 Å². The summed E-state index contributed by atoms with van der Waals surface area (Å²) < 4.78 is 5.37. The van der Waals surface area contributed by atoms with Crippen LogP contribution >= 0.6 is 0 Å². The molecule has 2 aliphatic rings. The van der Waals surface area contributed by atoms with Crippen molar-refractivity contribution < 1.29 is 9.53 Å². The monoisotopic (exact) mass is 304 g/mol. The molecule has 0 spiro atoms. The number of carbonyl (C=O) groups is 1. The predicted octanol–water partition coefficient (Wildman–Crippen LogP) is 0.992. The van der Waals surface area contributed by atoms with Gasteiger partial charge in [0.05, 0.1) is 25.5 Å². The number of nitrogens with zero attached hydrogens (tertiary/aromatic N) is 4. The Kier molecular flexibility index (Phi) is 4.69. The summed E-state index contributed by atoms with van der Waals surface area (Å²) in [6, 6.07) is 0.261. The van der Waals surface area contributed by atoms with Gasteiger partial charge in [0, 0.05) is 50.3 Å². The van der Waals surface area contributed by atoms with Crippen LogP contribution in [-0.4, -0.2) is 58.0 Å². The molecule has 0 saturated carbocycles. The van der Waals surface area contributed by atoms with Crippen molar-refractivity contribution in [2.75, 3.05) is 26.3 Å². The fourth-order valence-corrected chi connectivity index (χ4v) is 3.07. The first-order chi connectivity index (χ1) is 10.7. The number of ether oxygens (including phenoxy) is 1. The van der Waals surface area contributed by atoms with E-state index in [-0.39, 0.29) is 11.9 Å². The fraction of sp³-hybridized carbons (Fsp3) is 0.688. The van der Waals surface area contributed by atoms with Gasteiger partial charge in [-0.3, -0.25) is 9.69 Å². The molecule has 0 unspecified atom stereocenters. The van der Waals surface area contributed by atoms with Crippen molar-refractivity contribution in [2.24, 2.45) is 0 Å². The second-order valence-corrected chi connectivity index (χ2v) is 6.06. The molecule has 0 radical (unpaired) electrons. The van der Waals surface area contributed by atoms with Crippen molar-refractivity contribution in [2.45, 2.75) is 45.8 Å². The van der Waals surface area contributed by atoms with Gasteiger partial charge in [0.2, 0.25) is 5.91 Å². The molecule has 2 aliphatic heterocycles. The maximum Gasteiger partial charge on any atom is 0.224 e. The molecule has 0 aromatic carbocycles. The molecule has 1 saturated heterocycles. The molecule has 6 heteroatoms. The summed E-state index contributed by atoms with van der Waals surface area (Å²) in [4.78, 5) is 25.6. The average molecular weight is 304 g/mol. The Bertz CT molecular complexity index is 543. The van der Waals surface area contributed by atoms with Crippen LogP contribution in [0.15, 0.2) is 6.20 Å². The van der Waals surface area contributed by atoms with Crippen LogP contribution in [0.4, 0.5) is 0 Å². The Morgan fingerprint density at radius 2 is 2.14 bits per heavy atom. The van der Waals surface area contributed by atoms with Crippen molar-refractivity contribution in [1.82, 2.24) is 19.8 Å². The molecule has 6 nitrogen and oxygen atoms in total. The second kappa shape index (κ2) is 6.71. The van der Waals surface area contributed by atoms with E-state index in [4.69, 9.17) is 4.74 Å². The van der Waals surface area contributed by atoms with Gasteiger partial charge in [-0.15, -0.1) is 0 Å². The highest BCUT2D eigenvalue weighted by atomic mass is 16.5. The summed E-state index contributed by atoms with van der Waals surface area (Å²) in [5.41, 5.74) is 2.10. The Morgan fingerprint density at radius 3 is 2.86 bits per heavy atom. The quantitative estimate of drug-likeness (QED) is 0.830. The molecule has 1 fully saturated rings. The highest BCUT2D eigenvalue weighted by molar-refractivity contribution is 5.77. The summed E-state index contributed by atoms with van der Waals surface area (Å²) in [5.74, 6) is 1.06. The van der Waals surface area contributed by atoms with E-state index in [9.17, 15) is 4.79 Å². The third kappa shape index (κ3) is 3.28. The highest BCUT2D eigenvalue weighted by Crippen LogP contribution is 2.22. The van der Waals surface area contributed by atoms with Gasteiger partial charge in [-0.25, -0.2) is 9.97 Å². The normalized spacial score (nSPS) is 20.0. The van der Waals surface area contributed by atoms with E-state index < -0.39 is 0 Å². The van der Waals surface area contributed by atoms with Crippen molar-refractivity contribution >= 4 is 5.91 Å². The first-order valence-electron chi connectivity index (χ1n) is 8.10. The lowest BCUT2D eigenvalue weighted by atomic mass is 10.1. The van der Waals surface area contributed by atoms with Gasteiger partial charge in [-0.2, -0.15) is 0 Å². The fourth-order valence-electron chi connectivity index (χ4n) is 3.07. The predicted molar refractivity (Wildman–Crippen MR) is 82.1 cm³/mol. The maximum absolute atomic E-state index is 12.5. The molecule has 0 bridgehead atoms. The number of hydrogen-bond acceptors (Lipinski definition) is 5. The standard InChI is InChI=1S/C16H24N4O2/c1-3-15-17-9-13-10-20(11-14(13)18-15)16(21)8-12(2)19-4-6-22-7-5-19/h9,12H,3-8,10-11H2,1-2H3/t12-/m1/s1. The largest absolute Gasteiger partial charge is 0.379 e. The number of rotatable bonds is 4. The Morgan fingerprint density at radius 1 is 1.36 bits per heavy atom. The zero-order valence-corrected chi connectivity index (χ0v) is 13.4. The van der Waals surface area contributed by atoms with Gasteiger partial charge in [0.25, 0.3) is 0 Å². The van der Waals surface area contributed by atoms with Crippen LogP contribution in [0.5, 0.6) is 0 Å². The van der Waals surface area contributed by atoms with E-state index in [1.165, 1.54) is 0 Å².